The molecular formula is C15H15FN2. The summed E-state index contributed by atoms with van der Waals surface area (Å²) in [7, 11) is 2.16. The van der Waals surface area contributed by atoms with Crippen LogP contribution in [0.25, 0.3) is 16.5 Å². The molecule has 0 spiro atoms. The Labute approximate surface area is 105 Å². The lowest BCUT2D eigenvalue weighted by molar-refractivity contribution is 0.260. The van der Waals surface area contributed by atoms with Crippen molar-refractivity contribution in [2.45, 2.75) is 19.0 Å². The van der Waals surface area contributed by atoms with Crippen LogP contribution in [0.5, 0.6) is 0 Å². The van der Waals surface area contributed by atoms with E-state index in [0.29, 0.717) is 6.04 Å². The van der Waals surface area contributed by atoms with Gasteiger partial charge in [-0.1, -0.05) is 6.08 Å². The normalized spacial score (nSPS) is 23.0. The van der Waals surface area contributed by atoms with Crippen LogP contribution in [0.1, 0.15) is 12.0 Å². The molecule has 4 rings (SSSR count). The minimum atomic E-state index is -0.134. The summed E-state index contributed by atoms with van der Waals surface area (Å²) < 4.78 is 16.0. The van der Waals surface area contributed by atoms with Gasteiger partial charge in [0, 0.05) is 30.2 Å². The maximum absolute atomic E-state index is 13.7. The Bertz CT molecular complexity index is 668. The van der Waals surface area contributed by atoms with E-state index in [-0.39, 0.29) is 5.82 Å². The molecule has 2 aliphatic heterocycles. The fourth-order valence-corrected chi connectivity index (χ4v) is 3.35. The van der Waals surface area contributed by atoms with Crippen LogP contribution < -0.4 is 0 Å². The van der Waals surface area contributed by atoms with Crippen LogP contribution >= 0.6 is 0 Å². The van der Waals surface area contributed by atoms with E-state index in [0.717, 1.165) is 30.5 Å². The zero-order valence-electron chi connectivity index (χ0n) is 10.4. The molecule has 1 unspecified atom stereocenters. The van der Waals surface area contributed by atoms with Crippen LogP contribution in [0, 0.1) is 5.82 Å². The highest BCUT2D eigenvalue weighted by Gasteiger charge is 2.30. The Morgan fingerprint density at radius 2 is 2.22 bits per heavy atom. The minimum Gasteiger partial charge on any atom is -0.345 e. The van der Waals surface area contributed by atoms with Crippen molar-refractivity contribution in [1.29, 1.82) is 0 Å². The maximum atomic E-state index is 13.7. The first kappa shape index (κ1) is 10.3. The lowest BCUT2D eigenvalue weighted by Gasteiger charge is -2.37. The fraction of sp³-hybridized carbons (Fsp3) is 0.333. The first-order valence-electron chi connectivity index (χ1n) is 6.43. The monoisotopic (exact) mass is 242 g/mol. The lowest BCUT2D eigenvalue weighted by Crippen LogP contribution is -2.41. The summed E-state index contributed by atoms with van der Waals surface area (Å²) in [5.74, 6) is -0.134. The van der Waals surface area contributed by atoms with E-state index >= 15 is 0 Å². The third-order valence-electron chi connectivity index (χ3n) is 4.24. The number of hydrogen-bond donors (Lipinski definition) is 0. The molecule has 0 N–H and O–H groups in total. The average Bonchev–Trinajstić information content (AvgIpc) is 2.75. The van der Waals surface area contributed by atoms with Gasteiger partial charge in [0.15, 0.2) is 0 Å². The highest BCUT2D eigenvalue weighted by Crippen LogP contribution is 2.37. The van der Waals surface area contributed by atoms with Crippen molar-refractivity contribution in [2.75, 3.05) is 13.6 Å². The fourth-order valence-electron chi connectivity index (χ4n) is 3.35. The molecule has 3 heteroatoms. The number of halogens is 1. The molecule has 1 aromatic carbocycles. The van der Waals surface area contributed by atoms with E-state index in [1.165, 1.54) is 11.1 Å². The summed E-state index contributed by atoms with van der Waals surface area (Å²) in [5, 5.41) is 1.01. The van der Waals surface area contributed by atoms with Gasteiger partial charge in [0.05, 0.1) is 11.6 Å². The topological polar surface area (TPSA) is 8.17 Å². The highest BCUT2D eigenvalue weighted by molar-refractivity contribution is 5.94. The van der Waals surface area contributed by atoms with Crippen molar-refractivity contribution in [3.8, 4) is 0 Å². The van der Waals surface area contributed by atoms with E-state index in [4.69, 9.17) is 0 Å². The van der Waals surface area contributed by atoms with E-state index in [2.05, 4.69) is 28.8 Å². The molecule has 0 radical (unpaired) electrons. The van der Waals surface area contributed by atoms with E-state index in [9.17, 15) is 4.39 Å². The molecule has 0 saturated heterocycles. The molecule has 2 aromatic rings. The van der Waals surface area contributed by atoms with Crippen molar-refractivity contribution >= 4 is 16.5 Å². The molecule has 0 bridgehead atoms. The largest absolute Gasteiger partial charge is 0.345 e. The second-order valence-electron chi connectivity index (χ2n) is 5.30. The summed E-state index contributed by atoms with van der Waals surface area (Å²) in [6.07, 6.45) is 5.42. The van der Waals surface area contributed by atoms with Crippen LogP contribution in [-0.2, 0) is 6.54 Å². The van der Waals surface area contributed by atoms with Gasteiger partial charge in [-0.3, -0.25) is 4.90 Å². The second-order valence-corrected chi connectivity index (χ2v) is 5.30. The molecule has 0 amide bonds. The van der Waals surface area contributed by atoms with Crippen LogP contribution in [0.4, 0.5) is 4.39 Å². The molecule has 0 saturated carbocycles. The molecule has 2 nitrogen and oxygen atoms in total. The van der Waals surface area contributed by atoms with Gasteiger partial charge in [0.25, 0.3) is 0 Å². The first-order valence-corrected chi connectivity index (χ1v) is 6.43. The molecule has 92 valence electrons. The number of hydrogen-bond acceptors (Lipinski definition) is 1. The number of rotatable bonds is 0. The van der Waals surface area contributed by atoms with Crippen molar-refractivity contribution in [3.05, 3.63) is 41.9 Å². The zero-order chi connectivity index (χ0) is 12.3. The Hall–Kier alpha value is -1.61. The quantitative estimate of drug-likeness (QED) is 0.689. The number of likely N-dealkylation sites (N-methyl/N-ethyl adjacent to an activating group) is 1. The molecule has 3 heterocycles. The summed E-state index contributed by atoms with van der Waals surface area (Å²) in [6, 6.07) is 5.72. The molecular weight excluding hydrogens is 227 g/mol. The molecule has 0 aliphatic carbocycles. The van der Waals surface area contributed by atoms with Gasteiger partial charge in [-0.2, -0.15) is 0 Å². The number of nitrogens with zero attached hydrogens (tertiary/aromatic N) is 2. The second kappa shape index (κ2) is 3.45. The van der Waals surface area contributed by atoms with Crippen LogP contribution in [0.3, 0.4) is 0 Å². The van der Waals surface area contributed by atoms with Crippen LogP contribution in [0.15, 0.2) is 30.5 Å². The molecule has 0 fully saturated rings. The van der Waals surface area contributed by atoms with Crippen molar-refractivity contribution in [3.63, 3.8) is 0 Å². The predicted octanol–water partition coefficient (Wildman–Crippen LogP) is 2.88. The number of aromatic nitrogens is 1. The Morgan fingerprint density at radius 1 is 1.33 bits per heavy atom. The summed E-state index contributed by atoms with van der Waals surface area (Å²) in [4.78, 5) is 2.37. The number of benzene rings is 1. The van der Waals surface area contributed by atoms with Crippen molar-refractivity contribution in [1.82, 2.24) is 9.47 Å². The summed E-state index contributed by atoms with van der Waals surface area (Å²) >= 11 is 0. The van der Waals surface area contributed by atoms with Gasteiger partial charge in [0.1, 0.15) is 5.82 Å². The third-order valence-corrected chi connectivity index (χ3v) is 4.24. The van der Waals surface area contributed by atoms with Crippen LogP contribution in [0.2, 0.25) is 0 Å². The average molecular weight is 242 g/mol. The number of fused-ring (bicyclic) bond motifs is 2. The van der Waals surface area contributed by atoms with Crippen molar-refractivity contribution in [2.24, 2.45) is 0 Å². The third kappa shape index (κ3) is 1.25. The standard InChI is InChI=1S/C15H15FN2/c1-17-5-2-3-12-13-8-11(16)7-10-4-6-18(15(10)13)9-14(12)17/h3-4,6-8,14H,2,5,9H2,1H3. The lowest BCUT2D eigenvalue weighted by atomic mass is 9.89. The Morgan fingerprint density at radius 3 is 3.11 bits per heavy atom. The zero-order valence-corrected chi connectivity index (χ0v) is 10.4. The Balaban J connectivity index is 2.05. The molecule has 1 atom stereocenters. The van der Waals surface area contributed by atoms with Gasteiger partial charge in [-0.05, 0) is 37.2 Å². The van der Waals surface area contributed by atoms with Gasteiger partial charge in [-0.25, -0.2) is 4.39 Å². The Kier molecular flexibility index (Phi) is 1.98. The van der Waals surface area contributed by atoms with Gasteiger partial charge in [0.2, 0.25) is 0 Å². The molecule has 2 aliphatic rings. The van der Waals surface area contributed by atoms with E-state index < -0.39 is 0 Å². The van der Waals surface area contributed by atoms with Crippen molar-refractivity contribution < 1.29 is 4.39 Å². The maximum Gasteiger partial charge on any atom is 0.124 e. The summed E-state index contributed by atoms with van der Waals surface area (Å²) in [5.41, 5.74) is 3.58. The first-order chi connectivity index (χ1) is 8.74. The van der Waals surface area contributed by atoms with Crippen LogP contribution in [-0.4, -0.2) is 29.1 Å². The molecule has 18 heavy (non-hydrogen) atoms. The van der Waals surface area contributed by atoms with Gasteiger partial charge < -0.3 is 4.57 Å². The van der Waals surface area contributed by atoms with E-state index in [1.807, 2.05) is 6.07 Å². The molecule has 1 aromatic heterocycles. The van der Waals surface area contributed by atoms with Gasteiger partial charge in [-0.15, -0.1) is 0 Å². The highest BCUT2D eigenvalue weighted by atomic mass is 19.1. The smallest absolute Gasteiger partial charge is 0.124 e. The predicted molar refractivity (Wildman–Crippen MR) is 70.9 cm³/mol. The van der Waals surface area contributed by atoms with E-state index in [1.54, 1.807) is 12.1 Å². The van der Waals surface area contributed by atoms with Gasteiger partial charge >= 0.3 is 0 Å². The SMILES string of the molecule is CN1CCC=C2c3cc(F)cc4ccn(c34)CC21. The minimum absolute atomic E-state index is 0.134. The summed E-state index contributed by atoms with van der Waals surface area (Å²) in [6.45, 7) is 2.06.